The summed E-state index contributed by atoms with van der Waals surface area (Å²) in [5.74, 6) is -0.225. The molecule has 1 N–H and O–H groups in total. The van der Waals surface area contributed by atoms with E-state index >= 15 is 0 Å². The Balaban J connectivity index is 1.54. The van der Waals surface area contributed by atoms with Crippen LogP contribution in [0.5, 0.6) is 5.75 Å². The minimum atomic E-state index is -4.69. The number of hydrogen-bond acceptors (Lipinski definition) is 7. The van der Waals surface area contributed by atoms with E-state index in [1.165, 1.54) is 12.2 Å². The number of carbonyl (C=O) groups excluding carboxylic acids is 1. The van der Waals surface area contributed by atoms with Crippen molar-refractivity contribution < 1.29 is 27.5 Å². The topological polar surface area (TPSA) is 79.8 Å². The average Bonchev–Trinajstić information content (AvgIpc) is 3.43. The van der Waals surface area contributed by atoms with Gasteiger partial charge < -0.3 is 15.0 Å². The molecule has 1 amide bonds. The molecule has 0 saturated carbocycles. The predicted molar refractivity (Wildman–Crippen MR) is 121 cm³/mol. The summed E-state index contributed by atoms with van der Waals surface area (Å²) in [6.07, 6.45) is -3.46. The van der Waals surface area contributed by atoms with E-state index < -0.39 is 23.6 Å². The molecule has 1 fully saturated rings. The lowest BCUT2D eigenvalue weighted by Crippen LogP contribution is -2.26. The summed E-state index contributed by atoms with van der Waals surface area (Å²) in [5.41, 5.74) is 1.44. The maximum Gasteiger partial charge on any atom is 0.421 e. The standard InChI is InChI=1S/C24H22F3N5O3/c1-31-13-15-10-20(34-2)18(11-16(15)22(31)33)29-23-28-12-17(24(25,26)27)21(30-23)32-19(8-9-35-32)14-6-4-3-5-7-14/h3-7,10-12,19H,8-9,13H2,1-2H3,(H,28,29,30). The summed E-state index contributed by atoms with van der Waals surface area (Å²) in [4.78, 5) is 27.7. The van der Waals surface area contributed by atoms with Crippen LogP contribution in [0.4, 0.5) is 30.6 Å². The second-order valence-electron chi connectivity index (χ2n) is 8.30. The van der Waals surface area contributed by atoms with Crippen molar-refractivity contribution in [1.82, 2.24) is 14.9 Å². The molecule has 0 aliphatic carbocycles. The normalized spacial score (nSPS) is 17.6. The number of anilines is 3. The number of hydroxylamine groups is 1. The molecule has 3 heterocycles. The zero-order valence-corrected chi connectivity index (χ0v) is 19.0. The summed E-state index contributed by atoms with van der Waals surface area (Å²) in [7, 11) is 3.15. The van der Waals surface area contributed by atoms with Crippen LogP contribution >= 0.6 is 0 Å². The number of carbonyl (C=O) groups is 1. The van der Waals surface area contributed by atoms with Gasteiger partial charge in [0, 0.05) is 31.8 Å². The lowest BCUT2D eigenvalue weighted by Gasteiger charge is -2.26. The van der Waals surface area contributed by atoms with Gasteiger partial charge in [-0.3, -0.25) is 9.63 Å². The van der Waals surface area contributed by atoms with E-state index in [0.29, 0.717) is 30.0 Å². The number of rotatable bonds is 5. The fourth-order valence-electron chi connectivity index (χ4n) is 4.33. The van der Waals surface area contributed by atoms with Crippen LogP contribution in [0.3, 0.4) is 0 Å². The number of fused-ring (bicyclic) bond motifs is 1. The highest BCUT2D eigenvalue weighted by molar-refractivity contribution is 5.99. The second kappa shape index (κ2) is 8.73. The van der Waals surface area contributed by atoms with Gasteiger partial charge in [0.2, 0.25) is 5.95 Å². The molecule has 5 rings (SSSR count). The summed E-state index contributed by atoms with van der Waals surface area (Å²) in [6, 6.07) is 12.0. The van der Waals surface area contributed by atoms with Crippen LogP contribution in [0.15, 0.2) is 48.7 Å². The average molecular weight is 485 g/mol. The van der Waals surface area contributed by atoms with Gasteiger partial charge in [0.05, 0.1) is 25.4 Å². The van der Waals surface area contributed by atoms with Crippen LogP contribution in [0.1, 0.15) is 39.5 Å². The van der Waals surface area contributed by atoms with E-state index in [1.54, 1.807) is 24.1 Å². The van der Waals surface area contributed by atoms with Gasteiger partial charge in [-0.1, -0.05) is 30.3 Å². The number of halogens is 3. The van der Waals surface area contributed by atoms with Gasteiger partial charge in [0.25, 0.3) is 5.91 Å². The van der Waals surface area contributed by atoms with Crippen LogP contribution in [0.2, 0.25) is 0 Å². The van der Waals surface area contributed by atoms with Crippen LogP contribution in [-0.2, 0) is 17.6 Å². The Hall–Kier alpha value is -3.86. The third-order valence-electron chi connectivity index (χ3n) is 6.03. The quantitative estimate of drug-likeness (QED) is 0.560. The van der Waals surface area contributed by atoms with Crippen molar-refractivity contribution in [1.29, 1.82) is 0 Å². The Labute approximate surface area is 199 Å². The van der Waals surface area contributed by atoms with Gasteiger partial charge in [0.1, 0.15) is 11.3 Å². The Morgan fingerprint density at radius 3 is 2.69 bits per heavy atom. The zero-order chi connectivity index (χ0) is 24.7. The SMILES string of the molecule is COc1cc2c(cc1Nc1ncc(C(F)(F)F)c(N3OCCC3c3ccccc3)n1)C(=O)N(C)C2. The molecule has 182 valence electrons. The van der Waals surface area contributed by atoms with E-state index in [2.05, 4.69) is 15.3 Å². The Kier molecular flexibility index (Phi) is 5.72. The number of alkyl halides is 3. The van der Waals surface area contributed by atoms with Gasteiger partial charge in [-0.05, 0) is 23.3 Å². The molecule has 1 atom stereocenters. The zero-order valence-electron chi connectivity index (χ0n) is 19.0. The minimum Gasteiger partial charge on any atom is -0.495 e. The van der Waals surface area contributed by atoms with Crippen molar-refractivity contribution in [2.45, 2.75) is 25.2 Å². The number of ether oxygens (including phenoxy) is 1. The molecule has 2 aliphatic rings. The first-order chi connectivity index (χ1) is 16.8. The highest BCUT2D eigenvalue weighted by atomic mass is 19.4. The molecule has 2 aliphatic heterocycles. The first-order valence-corrected chi connectivity index (χ1v) is 10.9. The molecule has 2 aromatic carbocycles. The van der Waals surface area contributed by atoms with Crippen LogP contribution in [-0.4, -0.2) is 41.5 Å². The maximum absolute atomic E-state index is 13.9. The smallest absolute Gasteiger partial charge is 0.421 e. The predicted octanol–water partition coefficient (Wildman–Crippen LogP) is 4.72. The van der Waals surface area contributed by atoms with Crippen LogP contribution in [0, 0.1) is 0 Å². The summed E-state index contributed by atoms with van der Waals surface area (Å²) < 4.78 is 47.1. The highest BCUT2D eigenvalue weighted by Gasteiger charge is 2.40. The molecule has 0 spiro atoms. The molecule has 0 radical (unpaired) electrons. The molecule has 8 nitrogen and oxygen atoms in total. The molecule has 1 saturated heterocycles. The van der Waals surface area contributed by atoms with Crippen molar-refractivity contribution in [2.75, 3.05) is 31.1 Å². The molecule has 35 heavy (non-hydrogen) atoms. The molecule has 1 aromatic heterocycles. The van der Waals surface area contributed by atoms with Gasteiger partial charge >= 0.3 is 6.18 Å². The number of aromatic nitrogens is 2. The second-order valence-corrected chi connectivity index (χ2v) is 8.30. The number of hydrogen-bond donors (Lipinski definition) is 1. The third-order valence-corrected chi connectivity index (χ3v) is 6.03. The Bertz CT molecular complexity index is 1270. The molecular weight excluding hydrogens is 463 g/mol. The van der Waals surface area contributed by atoms with E-state index in [9.17, 15) is 18.0 Å². The molecule has 0 bridgehead atoms. The summed E-state index contributed by atoms with van der Waals surface area (Å²) in [5, 5.41) is 4.12. The Morgan fingerprint density at radius 1 is 1.20 bits per heavy atom. The van der Waals surface area contributed by atoms with Crippen molar-refractivity contribution in [3.05, 3.63) is 70.9 Å². The van der Waals surface area contributed by atoms with Crippen molar-refractivity contribution in [3.63, 3.8) is 0 Å². The Morgan fingerprint density at radius 2 is 1.97 bits per heavy atom. The first-order valence-electron chi connectivity index (χ1n) is 10.9. The van der Waals surface area contributed by atoms with Crippen molar-refractivity contribution in [2.24, 2.45) is 0 Å². The van der Waals surface area contributed by atoms with Gasteiger partial charge in [0.15, 0.2) is 5.82 Å². The lowest BCUT2D eigenvalue weighted by molar-refractivity contribution is -0.138. The van der Waals surface area contributed by atoms with E-state index in [4.69, 9.17) is 9.57 Å². The maximum atomic E-state index is 13.9. The van der Waals surface area contributed by atoms with E-state index in [-0.39, 0.29) is 18.5 Å². The fourth-order valence-corrected chi connectivity index (χ4v) is 4.33. The molecular formula is C24H22F3N5O3. The highest BCUT2D eigenvalue weighted by Crippen LogP contribution is 2.42. The molecule has 3 aromatic rings. The number of benzene rings is 2. The monoisotopic (exact) mass is 485 g/mol. The number of methoxy groups -OCH3 is 1. The lowest BCUT2D eigenvalue weighted by atomic mass is 10.0. The van der Waals surface area contributed by atoms with Crippen molar-refractivity contribution in [3.8, 4) is 5.75 Å². The number of nitrogens with zero attached hydrogens (tertiary/aromatic N) is 4. The molecule has 1 unspecified atom stereocenters. The van der Waals surface area contributed by atoms with Crippen LogP contribution < -0.4 is 15.1 Å². The van der Waals surface area contributed by atoms with Crippen molar-refractivity contribution >= 4 is 23.4 Å². The molecule has 11 heteroatoms. The fraction of sp³-hybridized carbons (Fsp3) is 0.292. The summed E-state index contributed by atoms with van der Waals surface area (Å²) >= 11 is 0. The first kappa shape index (κ1) is 22.9. The minimum absolute atomic E-state index is 0.0904. The third kappa shape index (κ3) is 4.23. The van der Waals surface area contributed by atoms with Gasteiger partial charge in [-0.15, -0.1) is 0 Å². The van der Waals surface area contributed by atoms with Crippen LogP contribution in [0.25, 0.3) is 0 Å². The van der Waals surface area contributed by atoms with Gasteiger partial charge in [-0.25, -0.2) is 10.0 Å². The van der Waals surface area contributed by atoms with E-state index in [1.807, 2.05) is 30.3 Å². The van der Waals surface area contributed by atoms with Gasteiger partial charge in [-0.2, -0.15) is 18.2 Å². The largest absolute Gasteiger partial charge is 0.495 e. The van der Waals surface area contributed by atoms with E-state index in [0.717, 1.165) is 17.3 Å². The number of amides is 1. The summed E-state index contributed by atoms with van der Waals surface area (Å²) in [6.45, 7) is 0.691. The number of nitrogens with one attached hydrogen (secondary N) is 1.